The number of aromatic carboxylic acids is 2. The molecule has 6 heteroatoms. The molecule has 0 amide bonds. The van der Waals surface area contributed by atoms with E-state index in [0.717, 1.165) is 25.7 Å². The molecule has 0 radical (unpaired) electrons. The Morgan fingerprint density at radius 3 is 1.38 bits per heavy atom. The van der Waals surface area contributed by atoms with E-state index in [2.05, 4.69) is 0 Å². The van der Waals surface area contributed by atoms with Crippen LogP contribution in [-0.4, -0.2) is 35.4 Å². The quantitative estimate of drug-likeness (QED) is 0.625. The van der Waals surface area contributed by atoms with Crippen LogP contribution in [0.4, 0.5) is 0 Å². The molecule has 0 unspecified atom stereocenters. The van der Waals surface area contributed by atoms with Crippen LogP contribution < -0.4 is 9.47 Å². The largest absolute Gasteiger partial charge is 0.492 e. The number of carboxylic acid groups (broad SMARTS) is 2. The Labute approximate surface area is 142 Å². The van der Waals surface area contributed by atoms with Gasteiger partial charge in [-0.1, -0.05) is 26.7 Å². The SMILES string of the molecule is CCCCOc1c(C)c(C(=O)O)c(OCCCC)c(C)c1C(=O)O. The summed E-state index contributed by atoms with van der Waals surface area (Å²) in [5.74, 6) is -2.07. The van der Waals surface area contributed by atoms with Crippen molar-refractivity contribution in [2.45, 2.75) is 53.4 Å². The first kappa shape index (κ1) is 19.8. The Hall–Kier alpha value is -2.24. The molecule has 1 rings (SSSR count). The molecule has 1 aromatic rings. The highest BCUT2D eigenvalue weighted by Crippen LogP contribution is 2.38. The molecule has 134 valence electrons. The van der Waals surface area contributed by atoms with Crippen LogP contribution in [0, 0.1) is 13.8 Å². The third-order valence-electron chi connectivity index (χ3n) is 3.80. The van der Waals surface area contributed by atoms with E-state index in [-0.39, 0.29) is 33.8 Å². The molecule has 0 bridgehead atoms. The van der Waals surface area contributed by atoms with Gasteiger partial charge in [0, 0.05) is 11.1 Å². The summed E-state index contributed by atoms with van der Waals surface area (Å²) < 4.78 is 11.2. The minimum atomic E-state index is -1.15. The van der Waals surface area contributed by atoms with Crippen LogP contribution in [0.2, 0.25) is 0 Å². The zero-order valence-corrected chi connectivity index (χ0v) is 14.8. The second-order valence-electron chi connectivity index (χ2n) is 5.67. The smallest absolute Gasteiger partial charge is 0.339 e. The Morgan fingerprint density at radius 1 is 0.792 bits per heavy atom. The van der Waals surface area contributed by atoms with Gasteiger partial charge in [0.25, 0.3) is 0 Å². The highest BCUT2D eigenvalue weighted by Gasteiger charge is 2.28. The Morgan fingerprint density at radius 2 is 1.12 bits per heavy atom. The minimum absolute atomic E-state index is 0.0277. The lowest BCUT2D eigenvalue weighted by molar-refractivity contribution is 0.0670. The molecule has 1 aromatic carbocycles. The molecule has 0 spiro atoms. The van der Waals surface area contributed by atoms with Crippen LogP contribution in [-0.2, 0) is 0 Å². The first-order valence-corrected chi connectivity index (χ1v) is 8.26. The molecular formula is C18H26O6. The molecule has 0 heterocycles. The highest BCUT2D eigenvalue weighted by molar-refractivity contribution is 6.00. The number of unbranched alkanes of at least 4 members (excludes halogenated alkanes) is 2. The van der Waals surface area contributed by atoms with Crippen molar-refractivity contribution < 1.29 is 29.3 Å². The summed E-state index contributed by atoms with van der Waals surface area (Å²) in [5.41, 5.74) is 0.515. The number of hydrogen-bond donors (Lipinski definition) is 2. The fourth-order valence-electron chi connectivity index (χ4n) is 2.46. The lowest BCUT2D eigenvalue weighted by Gasteiger charge is -2.20. The summed E-state index contributed by atoms with van der Waals surface area (Å²) in [6.45, 7) is 7.78. The molecule has 0 saturated heterocycles. The van der Waals surface area contributed by atoms with Gasteiger partial charge in [-0.25, -0.2) is 9.59 Å². The summed E-state index contributed by atoms with van der Waals surface area (Å²) in [6, 6.07) is 0. The number of carbonyl (C=O) groups is 2. The molecule has 24 heavy (non-hydrogen) atoms. The van der Waals surface area contributed by atoms with E-state index < -0.39 is 11.9 Å². The monoisotopic (exact) mass is 338 g/mol. The maximum absolute atomic E-state index is 11.7. The maximum Gasteiger partial charge on any atom is 0.339 e. The Balaban J connectivity index is 3.49. The minimum Gasteiger partial charge on any atom is -0.492 e. The van der Waals surface area contributed by atoms with Gasteiger partial charge >= 0.3 is 11.9 Å². The molecule has 0 aromatic heterocycles. The third kappa shape index (κ3) is 4.40. The molecule has 0 fully saturated rings. The number of ether oxygens (including phenoxy) is 2. The number of benzene rings is 1. The van der Waals surface area contributed by atoms with Crippen LogP contribution in [0.25, 0.3) is 0 Å². The van der Waals surface area contributed by atoms with Gasteiger partial charge in [-0.2, -0.15) is 0 Å². The second-order valence-corrected chi connectivity index (χ2v) is 5.67. The summed E-state index contributed by atoms with van der Waals surface area (Å²) in [7, 11) is 0. The van der Waals surface area contributed by atoms with Crippen molar-refractivity contribution in [3.05, 3.63) is 22.3 Å². The maximum atomic E-state index is 11.7. The topological polar surface area (TPSA) is 93.1 Å². The average molecular weight is 338 g/mol. The summed E-state index contributed by atoms with van der Waals surface area (Å²) in [5, 5.41) is 19.1. The van der Waals surface area contributed by atoms with Crippen LogP contribution >= 0.6 is 0 Å². The number of hydrogen-bond acceptors (Lipinski definition) is 4. The van der Waals surface area contributed by atoms with E-state index in [1.165, 1.54) is 0 Å². The third-order valence-corrected chi connectivity index (χ3v) is 3.80. The van der Waals surface area contributed by atoms with Crippen molar-refractivity contribution >= 4 is 11.9 Å². The summed E-state index contributed by atoms with van der Waals surface area (Å²) in [4.78, 5) is 23.4. The van der Waals surface area contributed by atoms with E-state index in [4.69, 9.17) is 9.47 Å². The lowest BCUT2D eigenvalue weighted by atomic mass is 9.96. The molecule has 0 aliphatic heterocycles. The van der Waals surface area contributed by atoms with E-state index in [1.807, 2.05) is 13.8 Å². The molecule has 6 nitrogen and oxygen atoms in total. The lowest BCUT2D eigenvalue weighted by Crippen LogP contribution is -2.15. The molecule has 0 atom stereocenters. The molecule has 0 aliphatic rings. The van der Waals surface area contributed by atoms with Crippen LogP contribution in [0.5, 0.6) is 11.5 Å². The van der Waals surface area contributed by atoms with Gasteiger partial charge in [-0.15, -0.1) is 0 Å². The zero-order valence-electron chi connectivity index (χ0n) is 14.8. The standard InChI is InChI=1S/C18H26O6/c1-5-7-9-23-15-11(3)14(18(21)22)16(24-10-8-6-2)12(4)13(15)17(19)20/h5-10H2,1-4H3,(H,19,20)(H,21,22). The van der Waals surface area contributed by atoms with Gasteiger partial charge in [0.2, 0.25) is 0 Å². The van der Waals surface area contributed by atoms with Crippen LogP contribution in [0.15, 0.2) is 0 Å². The molecule has 0 aliphatic carbocycles. The van der Waals surface area contributed by atoms with Gasteiger partial charge in [-0.3, -0.25) is 0 Å². The van der Waals surface area contributed by atoms with Gasteiger partial charge in [0.1, 0.15) is 22.6 Å². The summed E-state index contributed by atoms with van der Waals surface area (Å²) in [6.07, 6.45) is 3.30. The normalized spacial score (nSPS) is 10.5. The van der Waals surface area contributed by atoms with E-state index >= 15 is 0 Å². The van der Waals surface area contributed by atoms with E-state index in [1.54, 1.807) is 13.8 Å². The first-order valence-electron chi connectivity index (χ1n) is 8.26. The first-order chi connectivity index (χ1) is 11.4. The molecule has 2 N–H and O–H groups in total. The number of carboxylic acids is 2. The van der Waals surface area contributed by atoms with Crippen LogP contribution in [0.1, 0.15) is 71.4 Å². The van der Waals surface area contributed by atoms with Crippen molar-refractivity contribution in [3.63, 3.8) is 0 Å². The zero-order chi connectivity index (χ0) is 18.3. The second kappa shape index (κ2) is 9.15. The number of rotatable bonds is 10. The summed E-state index contributed by atoms with van der Waals surface area (Å²) >= 11 is 0. The van der Waals surface area contributed by atoms with Gasteiger partial charge in [-0.05, 0) is 26.7 Å². The Bertz CT molecular complexity index is 553. The predicted octanol–water partition coefficient (Wildman–Crippen LogP) is 4.06. The molecular weight excluding hydrogens is 312 g/mol. The van der Waals surface area contributed by atoms with E-state index in [0.29, 0.717) is 13.2 Å². The highest BCUT2D eigenvalue weighted by atomic mass is 16.5. The van der Waals surface area contributed by atoms with Gasteiger partial charge in [0.15, 0.2) is 0 Å². The Kier molecular flexibility index (Phi) is 7.55. The van der Waals surface area contributed by atoms with Crippen molar-refractivity contribution in [2.75, 3.05) is 13.2 Å². The van der Waals surface area contributed by atoms with Gasteiger partial charge < -0.3 is 19.7 Å². The molecule has 0 saturated carbocycles. The van der Waals surface area contributed by atoms with Crippen molar-refractivity contribution in [2.24, 2.45) is 0 Å². The van der Waals surface area contributed by atoms with Gasteiger partial charge in [0.05, 0.1) is 13.2 Å². The fraction of sp³-hybridized carbons (Fsp3) is 0.556. The van der Waals surface area contributed by atoms with Crippen molar-refractivity contribution in [1.82, 2.24) is 0 Å². The van der Waals surface area contributed by atoms with Crippen molar-refractivity contribution in [1.29, 1.82) is 0 Å². The van der Waals surface area contributed by atoms with Crippen LogP contribution in [0.3, 0.4) is 0 Å². The predicted molar refractivity (Wildman–Crippen MR) is 90.6 cm³/mol. The van der Waals surface area contributed by atoms with E-state index in [9.17, 15) is 19.8 Å². The average Bonchev–Trinajstić information content (AvgIpc) is 2.51. The van der Waals surface area contributed by atoms with Crippen molar-refractivity contribution in [3.8, 4) is 11.5 Å². The fourth-order valence-corrected chi connectivity index (χ4v) is 2.46.